The van der Waals surface area contributed by atoms with E-state index in [1.807, 2.05) is 79.7 Å². The minimum Gasteiger partial charge on any atom is -0.483 e. The van der Waals surface area contributed by atoms with E-state index in [1.165, 1.54) is 0 Å². The molecule has 0 bridgehead atoms. The monoisotopic (exact) mass is 389 g/mol. The van der Waals surface area contributed by atoms with Crippen molar-refractivity contribution < 1.29 is 14.3 Å². The first-order chi connectivity index (χ1) is 14.0. The van der Waals surface area contributed by atoms with Crippen molar-refractivity contribution in [2.24, 2.45) is 0 Å². The molecule has 3 rings (SSSR count). The summed E-state index contributed by atoms with van der Waals surface area (Å²) in [7, 11) is 3.84. The van der Waals surface area contributed by atoms with Crippen molar-refractivity contribution in [1.29, 1.82) is 0 Å². The number of carbonyl (C=O) groups excluding carboxylic acids is 2. The molecule has 6 nitrogen and oxygen atoms in total. The molecule has 0 saturated heterocycles. The van der Waals surface area contributed by atoms with Gasteiger partial charge in [0.2, 0.25) is 0 Å². The van der Waals surface area contributed by atoms with E-state index in [9.17, 15) is 9.59 Å². The Hall–Kier alpha value is -3.80. The average Bonchev–Trinajstić information content (AvgIpc) is 2.77. The zero-order chi connectivity index (χ0) is 20.6. The van der Waals surface area contributed by atoms with Crippen LogP contribution in [0.5, 0.6) is 5.75 Å². The Morgan fingerprint density at radius 1 is 0.828 bits per heavy atom. The molecular formula is C23H23N3O3. The van der Waals surface area contributed by atoms with E-state index >= 15 is 0 Å². The van der Waals surface area contributed by atoms with Crippen LogP contribution in [-0.4, -0.2) is 32.5 Å². The fourth-order valence-electron chi connectivity index (χ4n) is 2.74. The number of amides is 2. The maximum atomic E-state index is 12.2. The molecule has 0 radical (unpaired) electrons. The summed E-state index contributed by atoms with van der Waals surface area (Å²) >= 11 is 0. The molecule has 3 aromatic rings. The highest BCUT2D eigenvalue weighted by atomic mass is 16.5. The number of rotatable bonds is 6. The second-order valence-corrected chi connectivity index (χ2v) is 6.59. The van der Waals surface area contributed by atoms with Crippen molar-refractivity contribution >= 4 is 17.5 Å². The summed E-state index contributed by atoms with van der Waals surface area (Å²) in [6.07, 6.45) is 0. The highest BCUT2D eigenvalue weighted by Crippen LogP contribution is 2.29. The van der Waals surface area contributed by atoms with Crippen LogP contribution < -0.4 is 20.5 Å². The molecule has 0 aliphatic heterocycles. The fraction of sp³-hybridized carbons (Fsp3) is 0.130. The van der Waals surface area contributed by atoms with Gasteiger partial charge in [-0.3, -0.25) is 20.4 Å². The quantitative estimate of drug-likeness (QED) is 0.635. The van der Waals surface area contributed by atoms with Crippen molar-refractivity contribution in [2.45, 2.75) is 0 Å². The van der Waals surface area contributed by atoms with E-state index in [4.69, 9.17) is 4.74 Å². The Kier molecular flexibility index (Phi) is 6.47. The second-order valence-electron chi connectivity index (χ2n) is 6.59. The molecule has 0 saturated carbocycles. The van der Waals surface area contributed by atoms with E-state index in [-0.39, 0.29) is 6.61 Å². The lowest BCUT2D eigenvalue weighted by Gasteiger charge is -2.13. The third-order valence-electron chi connectivity index (χ3n) is 4.29. The summed E-state index contributed by atoms with van der Waals surface area (Å²) in [5.74, 6) is -0.251. The third kappa shape index (κ3) is 5.35. The van der Waals surface area contributed by atoms with Gasteiger partial charge in [-0.15, -0.1) is 0 Å². The maximum absolute atomic E-state index is 12.2. The smallest absolute Gasteiger partial charge is 0.276 e. The molecule has 3 aromatic carbocycles. The van der Waals surface area contributed by atoms with Crippen LogP contribution in [0.25, 0.3) is 11.1 Å². The van der Waals surface area contributed by atoms with E-state index in [1.54, 1.807) is 18.2 Å². The van der Waals surface area contributed by atoms with Gasteiger partial charge in [0.15, 0.2) is 6.61 Å². The number of hydrazine groups is 1. The molecule has 0 aromatic heterocycles. The number of nitrogens with one attached hydrogen (secondary N) is 2. The molecule has 0 atom stereocenters. The van der Waals surface area contributed by atoms with Crippen molar-refractivity contribution in [3.8, 4) is 16.9 Å². The Morgan fingerprint density at radius 2 is 1.48 bits per heavy atom. The summed E-state index contributed by atoms with van der Waals surface area (Å²) in [6.45, 7) is -0.219. The highest BCUT2D eigenvalue weighted by Gasteiger charge is 2.10. The van der Waals surface area contributed by atoms with Crippen molar-refractivity contribution in [3.05, 3.63) is 84.4 Å². The van der Waals surface area contributed by atoms with Crippen LogP contribution in [0.15, 0.2) is 78.9 Å². The molecule has 6 heteroatoms. The van der Waals surface area contributed by atoms with Crippen LogP contribution in [-0.2, 0) is 4.79 Å². The van der Waals surface area contributed by atoms with Gasteiger partial charge in [0.1, 0.15) is 5.75 Å². The number of carbonyl (C=O) groups is 2. The number of benzene rings is 3. The van der Waals surface area contributed by atoms with Crippen LogP contribution in [0.2, 0.25) is 0 Å². The van der Waals surface area contributed by atoms with Crippen molar-refractivity contribution in [2.75, 3.05) is 25.6 Å². The van der Waals surface area contributed by atoms with Crippen LogP contribution >= 0.6 is 0 Å². The Balaban J connectivity index is 1.54. The molecule has 2 amide bonds. The van der Waals surface area contributed by atoms with Crippen LogP contribution in [0.1, 0.15) is 10.4 Å². The summed E-state index contributed by atoms with van der Waals surface area (Å²) in [6, 6.07) is 24.3. The number of anilines is 1. The third-order valence-corrected chi connectivity index (χ3v) is 4.29. The summed E-state index contributed by atoms with van der Waals surface area (Å²) < 4.78 is 5.66. The summed E-state index contributed by atoms with van der Waals surface area (Å²) in [4.78, 5) is 26.2. The molecule has 0 fully saturated rings. The summed E-state index contributed by atoms with van der Waals surface area (Å²) in [5.41, 5.74) is 8.10. The van der Waals surface area contributed by atoms with Gasteiger partial charge in [0.25, 0.3) is 11.8 Å². The summed E-state index contributed by atoms with van der Waals surface area (Å²) in [5, 5.41) is 0. The van der Waals surface area contributed by atoms with Gasteiger partial charge in [-0.2, -0.15) is 0 Å². The Bertz CT molecular complexity index is 970. The zero-order valence-electron chi connectivity index (χ0n) is 16.4. The molecule has 0 aliphatic carbocycles. The molecular weight excluding hydrogens is 366 g/mol. The largest absolute Gasteiger partial charge is 0.483 e. The maximum Gasteiger partial charge on any atom is 0.276 e. The molecule has 0 unspecified atom stereocenters. The lowest BCUT2D eigenvalue weighted by atomic mass is 10.1. The number of para-hydroxylation sites is 1. The van der Waals surface area contributed by atoms with E-state index in [0.29, 0.717) is 11.3 Å². The number of ether oxygens (including phenoxy) is 1. The molecule has 0 heterocycles. The van der Waals surface area contributed by atoms with Gasteiger partial charge in [-0.1, -0.05) is 48.5 Å². The van der Waals surface area contributed by atoms with Crippen molar-refractivity contribution in [3.63, 3.8) is 0 Å². The zero-order valence-corrected chi connectivity index (χ0v) is 16.4. The van der Waals surface area contributed by atoms with Crippen LogP contribution in [0.4, 0.5) is 5.69 Å². The van der Waals surface area contributed by atoms with Gasteiger partial charge in [-0.25, -0.2) is 0 Å². The first-order valence-corrected chi connectivity index (χ1v) is 9.18. The Labute approximate surface area is 170 Å². The molecule has 0 aliphatic rings. The fourth-order valence-corrected chi connectivity index (χ4v) is 2.74. The van der Waals surface area contributed by atoms with E-state index in [2.05, 4.69) is 10.9 Å². The van der Waals surface area contributed by atoms with E-state index < -0.39 is 11.8 Å². The molecule has 2 N–H and O–H groups in total. The predicted molar refractivity (Wildman–Crippen MR) is 114 cm³/mol. The SMILES string of the molecule is CN(C)c1ccc(C(=O)NNC(=O)COc2ccccc2-c2ccccc2)cc1. The normalized spacial score (nSPS) is 10.1. The topological polar surface area (TPSA) is 70.7 Å². The second kappa shape index (κ2) is 9.41. The van der Waals surface area contributed by atoms with Gasteiger partial charge in [0.05, 0.1) is 0 Å². The predicted octanol–water partition coefficient (Wildman–Crippen LogP) is 3.26. The van der Waals surface area contributed by atoms with Gasteiger partial charge in [0, 0.05) is 30.9 Å². The number of hydrogen-bond acceptors (Lipinski definition) is 4. The van der Waals surface area contributed by atoms with E-state index in [0.717, 1.165) is 16.8 Å². The van der Waals surface area contributed by atoms with Crippen molar-refractivity contribution in [1.82, 2.24) is 10.9 Å². The number of nitrogens with zero attached hydrogens (tertiary/aromatic N) is 1. The molecule has 0 spiro atoms. The lowest BCUT2D eigenvalue weighted by Crippen LogP contribution is -2.43. The average molecular weight is 389 g/mol. The minimum absolute atomic E-state index is 0.219. The molecule has 29 heavy (non-hydrogen) atoms. The first-order valence-electron chi connectivity index (χ1n) is 9.18. The van der Waals surface area contributed by atoms with Gasteiger partial charge < -0.3 is 9.64 Å². The van der Waals surface area contributed by atoms with Crippen LogP contribution in [0.3, 0.4) is 0 Å². The Morgan fingerprint density at radius 3 is 2.17 bits per heavy atom. The minimum atomic E-state index is -0.453. The van der Waals surface area contributed by atoms with Gasteiger partial charge in [-0.05, 0) is 35.9 Å². The highest BCUT2D eigenvalue weighted by molar-refractivity contribution is 5.95. The van der Waals surface area contributed by atoms with Gasteiger partial charge >= 0.3 is 0 Å². The van der Waals surface area contributed by atoms with Crippen LogP contribution in [0, 0.1) is 0 Å². The first kappa shape index (κ1) is 19.9. The molecule has 148 valence electrons. The lowest BCUT2D eigenvalue weighted by molar-refractivity contribution is -0.123. The number of hydrogen-bond donors (Lipinski definition) is 2. The standard InChI is InChI=1S/C23H23N3O3/c1-26(2)19-14-12-18(13-15-19)23(28)25-24-22(27)16-29-21-11-7-6-10-20(21)17-8-4-3-5-9-17/h3-15H,16H2,1-2H3,(H,24,27)(H,25,28).